The van der Waals surface area contributed by atoms with Gasteiger partial charge in [-0.05, 0) is 29.3 Å². The third kappa shape index (κ3) is 4.12. The number of halogens is 3. The molecule has 0 radical (unpaired) electrons. The molecule has 1 N–H and O–H groups in total. The van der Waals surface area contributed by atoms with Crippen molar-refractivity contribution in [3.63, 3.8) is 0 Å². The fourth-order valence-corrected chi connectivity index (χ4v) is 2.53. The third-order valence-corrected chi connectivity index (χ3v) is 3.82. The maximum Gasteiger partial charge on any atom is 0.0460 e. The number of hydrogen-bond donors (Lipinski definition) is 1. The van der Waals surface area contributed by atoms with Gasteiger partial charge in [-0.25, -0.2) is 0 Å². The van der Waals surface area contributed by atoms with Gasteiger partial charge in [0.15, 0.2) is 0 Å². The van der Waals surface area contributed by atoms with Crippen LogP contribution in [0.1, 0.15) is 17.2 Å². The first-order valence-corrected chi connectivity index (χ1v) is 7.28. The van der Waals surface area contributed by atoms with Crippen molar-refractivity contribution in [3.8, 4) is 0 Å². The van der Waals surface area contributed by atoms with Crippen molar-refractivity contribution in [2.45, 2.75) is 12.6 Å². The summed E-state index contributed by atoms with van der Waals surface area (Å²) in [6, 6.07) is 15.7. The van der Waals surface area contributed by atoms with Crippen LogP contribution in [-0.4, -0.2) is 5.88 Å². The second kappa shape index (κ2) is 7.16. The maximum absolute atomic E-state index is 6.14. The van der Waals surface area contributed by atoms with Crippen molar-refractivity contribution in [1.82, 2.24) is 5.32 Å². The van der Waals surface area contributed by atoms with E-state index in [2.05, 4.69) is 17.4 Å². The van der Waals surface area contributed by atoms with Crippen LogP contribution in [0.25, 0.3) is 0 Å². The van der Waals surface area contributed by atoms with Crippen LogP contribution in [-0.2, 0) is 6.54 Å². The average Bonchev–Trinajstić information content (AvgIpc) is 2.44. The molecule has 19 heavy (non-hydrogen) atoms. The van der Waals surface area contributed by atoms with Crippen molar-refractivity contribution in [2.24, 2.45) is 0 Å². The number of alkyl halides is 1. The molecule has 1 nitrogen and oxygen atoms in total. The topological polar surface area (TPSA) is 12.0 Å². The molecule has 0 aliphatic carbocycles. The van der Waals surface area contributed by atoms with E-state index in [9.17, 15) is 0 Å². The number of hydrogen-bond acceptors (Lipinski definition) is 1. The summed E-state index contributed by atoms with van der Waals surface area (Å²) in [4.78, 5) is 0. The smallest absolute Gasteiger partial charge is 0.0460 e. The molecule has 0 heterocycles. The summed E-state index contributed by atoms with van der Waals surface area (Å²) in [6.07, 6.45) is 0. The van der Waals surface area contributed by atoms with E-state index in [0.29, 0.717) is 22.5 Å². The first kappa shape index (κ1) is 14.7. The van der Waals surface area contributed by atoms with E-state index < -0.39 is 0 Å². The summed E-state index contributed by atoms with van der Waals surface area (Å²) < 4.78 is 0. The molecule has 0 bridgehead atoms. The molecule has 0 aliphatic heterocycles. The van der Waals surface area contributed by atoms with Crippen LogP contribution in [0.5, 0.6) is 0 Å². The molecule has 100 valence electrons. The molecule has 2 aromatic rings. The Morgan fingerprint density at radius 2 is 1.74 bits per heavy atom. The van der Waals surface area contributed by atoms with Crippen molar-refractivity contribution in [2.75, 3.05) is 5.88 Å². The molecule has 0 spiro atoms. The Labute approximate surface area is 128 Å². The Balaban J connectivity index is 2.06. The van der Waals surface area contributed by atoms with Crippen LogP contribution in [0.2, 0.25) is 10.0 Å². The Morgan fingerprint density at radius 3 is 2.42 bits per heavy atom. The first-order chi connectivity index (χ1) is 9.20. The van der Waals surface area contributed by atoms with Crippen LogP contribution in [0, 0.1) is 0 Å². The fourth-order valence-electron chi connectivity index (χ4n) is 1.86. The van der Waals surface area contributed by atoms with Gasteiger partial charge in [-0.3, -0.25) is 0 Å². The summed E-state index contributed by atoms with van der Waals surface area (Å²) in [5.41, 5.74) is 2.14. The van der Waals surface area contributed by atoms with Gasteiger partial charge in [0.05, 0.1) is 0 Å². The number of benzene rings is 2. The molecular weight excluding hydrogens is 301 g/mol. The van der Waals surface area contributed by atoms with Crippen molar-refractivity contribution >= 4 is 34.8 Å². The lowest BCUT2D eigenvalue weighted by Gasteiger charge is -2.17. The van der Waals surface area contributed by atoms with Gasteiger partial charge in [-0.2, -0.15) is 0 Å². The highest BCUT2D eigenvalue weighted by Gasteiger charge is 2.10. The largest absolute Gasteiger partial charge is 0.305 e. The quantitative estimate of drug-likeness (QED) is 0.760. The van der Waals surface area contributed by atoms with Gasteiger partial charge in [0.1, 0.15) is 0 Å². The zero-order chi connectivity index (χ0) is 13.7. The van der Waals surface area contributed by atoms with Crippen molar-refractivity contribution < 1.29 is 0 Å². The molecular formula is C15H14Cl3N. The second-order valence-corrected chi connectivity index (χ2v) is 5.39. The molecule has 0 fully saturated rings. The molecule has 0 saturated carbocycles. The van der Waals surface area contributed by atoms with E-state index in [1.54, 1.807) is 12.1 Å². The van der Waals surface area contributed by atoms with E-state index in [4.69, 9.17) is 34.8 Å². The average molecular weight is 315 g/mol. The lowest BCUT2D eigenvalue weighted by atomic mass is 10.1. The van der Waals surface area contributed by atoms with Crippen LogP contribution >= 0.6 is 34.8 Å². The molecule has 2 rings (SSSR count). The SMILES string of the molecule is ClCC(NCc1cc(Cl)ccc1Cl)c1ccccc1. The van der Waals surface area contributed by atoms with E-state index >= 15 is 0 Å². The molecule has 2 aromatic carbocycles. The van der Waals surface area contributed by atoms with Crippen molar-refractivity contribution in [1.29, 1.82) is 0 Å². The van der Waals surface area contributed by atoms with Crippen molar-refractivity contribution in [3.05, 3.63) is 69.7 Å². The van der Waals surface area contributed by atoms with E-state index in [1.165, 1.54) is 0 Å². The van der Waals surface area contributed by atoms with Gasteiger partial charge in [0.25, 0.3) is 0 Å². The Kier molecular flexibility index (Phi) is 5.53. The number of rotatable bonds is 5. The Bertz CT molecular complexity index is 528. The molecule has 4 heteroatoms. The highest BCUT2D eigenvalue weighted by Crippen LogP contribution is 2.22. The van der Waals surface area contributed by atoms with Crippen LogP contribution in [0.15, 0.2) is 48.5 Å². The van der Waals surface area contributed by atoms with Gasteiger partial charge < -0.3 is 5.32 Å². The van der Waals surface area contributed by atoms with Gasteiger partial charge >= 0.3 is 0 Å². The summed E-state index contributed by atoms with van der Waals surface area (Å²) in [6.45, 7) is 0.631. The Hall–Kier alpha value is -0.730. The summed E-state index contributed by atoms with van der Waals surface area (Å²) >= 11 is 18.1. The minimum atomic E-state index is 0.0953. The monoisotopic (exact) mass is 313 g/mol. The lowest BCUT2D eigenvalue weighted by Crippen LogP contribution is -2.22. The van der Waals surface area contributed by atoms with Gasteiger partial charge in [-0.15, -0.1) is 11.6 Å². The highest BCUT2D eigenvalue weighted by molar-refractivity contribution is 6.33. The van der Waals surface area contributed by atoms with E-state index in [-0.39, 0.29) is 6.04 Å². The third-order valence-electron chi connectivity index (χ3n) is 2.90. The Morgan fingerprint density at radius 1 is 1.00 bits per heavy atom. The van der Waals surface area contributed by atoms with Crippen LogP contribution in [0.4, 0.5) is 0 Å². The summed E-state index contributed by atoms with van der Waals surface area (Å²) in [7, 11) is 0. The lowest BCUT2D eigenvalue weighted by molar-refractivity contribution is 0.579. The molecule has 0 saturated heterocycles. The minimum Gasteiger partial charge on any atom is -0.305 e. The summed E-state index contributed by atoms with van der Waals surface area (Å²) in [5.74, 6) is 0.502. The maximum atomic E-state index is 6.14. The van der Waals surface area contributed by atoms with Gasteiger partial charge in [-0.1, -0.05) is 53.5 Å². The van der Waals surface area contributed by atoms with Crippen LogP contribution < -0.4 is 5.32 Å². The summed E-state index contributed by atoms with van der Waals surface area (Å²) in [5, 5.41) is 4.79. The zero-order valence-corrected chi connectivity index (χ0v) is 12.5. The number of nitrogens with one attached hydrogen (secondary N) is 1. The normalized spacial score (nSPS) is 12.4. The fraction of sp³-hybridized carbons (Fsp3) is 0.200. The van der Waals surface area contributed by atoms with Gasteiger partial charge in [0, 0.05) is 28.5 Å². The molecule has 0 aliphatic rings. The predicted octanol–water partition coefficient (Wildman–Crippen LogP) is 5.06. The molecule has 0 aromatic heterocycles. The van der Waals surface area contributed by atoms with Gasteiger partial charge in [0.2, 0.25) is 0 Å². The molecule has 0 amide bonds. The second-order valence-electron chi connectivity index (χ2n) is 4.23. The minimum absolute atomic E-state index is 0.0953. The van der Waals surface area contributed by atoms with Crippen LogP contribution in [0.3, 0.4) is 0 Å². The standard InChI is InChI=1S/C15H14Cl3N/c16-9-15(11-4-2-1-3-5-11)19-10-12-8-13(17)6-7-14(12)18/h1-8,15,19H,9-10H2. The van der Waals surface area contributed by atoms with E-state index in [0.717, 1.165) is 11.1 Å². The zero-order valence-electron chi connectivity index (χ0n) is 10.2. The predicted molar refractivity (Wildman–Crippen MR) is 83.2 cm³/mol. The highest BCUT2D eigenvalue weighted by atomic mass is 35.5. The first-order valence-electron chi connectivity index (χ1n) is 5.99. The molecule has 1 atom stereocenters. The van der Waals surface area contributed by atoms with E-state index in [1.807, 2.05) is 24.3 Å². The molecule has 1 unspecified atom stereocenters.